The van der Waals surface area contributed by atoms with E-state index < -0.39 is 0 Å². The van der Waals surface area contributed by atoms with E-state index in [1.54, 1.807) is 0 Å². The molecule has 0 bridgehead atoms. The minimum atomic E-state index is 0.325. The number of benzene rings is 1. The van der Waals surface area contributed by atoms with Gasteiger partial charge in [-0.25, -0.2) is 4.98 Å². The summed E-state index contributed by atoms with van der Waals surface area (Å²) in [4.78, 5) is 4.11. The van der Waals surface area contributed by atoms with Gasteiger partial charge in [0, 0.05) is 6.07 Å². The van der Waals surface area contributed by atoms with Gasteiger partial charge in [0.25, 0.3) is 0 Å². The molecular weight excluding hydrogens is 204 g/mol. The second-order valence-electron chi connectivity index (χ2n) is 4.05. The standard InChI is InChI=1S/C12H14N2O2/c1-2-12-11(14-8-15-12)7-10(1)16-9-3-5-13-6-4-9/h1-2,7-9,13H,3-6H2. The van der Waals surface area contributed by atoms with Gasteiger partial charge in [-0.15, -0.1) is 0 Å². The zero-order valence-electron chi connectivity index (χ0n) is 8.98. The molecule has 0 atom stereocenters. The van der Waals surface area contributed by atoms with Crippen molar-refractivity contribution in [3.63, 3.8) is 0 Å². The highest BCUT2D eigenvalue weighted by Crippen LogP contribution is 2.22. The number of piperidine rings is 1. The Kier molecular flexibility index (Phi) is 2.50. The van der Waals surface area contributed by atoms with Crippen LogP contribution in [0, 0.1) is 0 Å². The van der Waals surface area contributed by atoms with E-state index in [9.17, 15) is 0 Å². The molecule has 4 nitrogen and oxygen atoms in total. The number of rotatable bonds is 2. The van der Waals surface area contributed by atoms with Crippen molar-refractivity contribution >= 4 is 11.1 Å². The number of nitrogens with zero attached hydrogens (tertiary/aromatic N) is 1. The maximum absolute atomic E-state index is 5.91. The molecule has 1 aliphatic rings. The second-order valence-corrected chi connectivity index (χ2v) is 4.05. The van der Waals surface area contributed by atoms with Gasteiger partial charge in [0.2, 0.25) is 0 Å². The number of nitrogens with one attached hydrogen (secondary N) is 1. The highest BCUT2D eigenvalue weighted by atomic mass is 16.5. The third-order valence-corrected chi connectivity index (χ3v) is 2.89. The highest BCUT2D eigenvalue weighted by Gasteiger charge is 2.14. The first kappa shape index (κ1) is 9.66. The number of aromatic nitrogens is 1. The van der Waals surface area contributed by atoms with Crippen LogP contribution in [-0.4, -0.2) is 24.2 Å². The largest absolute Gasteiger partial charge is 0.490 e. The lowest BCUT2D eigenvalue weighted by atomic mass is 10.1. The van der Waals surface area contributed by atoms with Gasteiger partial charge in [-0.1, -0.05) is 0 Å². The summed E-state index contributed by atoms with van der Waals surface area (Å²) in [7, 11) is 0. The summed E-state index contributed by atoms with van der Waals surface area (Å²) >= 11 is 0. The van der Waals surface area contributed by atoms with Crippen LogP contribution < -0.4 is 10.1 Å². The van der Waals surface area contributed by atoms with Crippen molar-refractivity contribution in [3.05, 3.63) is 24.6 Å². The fourth-order valence-electron chi connectivity index (χ4n) is 2.02. The molecule has 1 aromatic carbocycles. The first-order valence-electron chi connectivity index (χ1n) is 5.62. The molecule has 2 heterocycles. The third kappa shape index (κ3) is 1.88. The van der Waals surface area contributed by atoms with Crippen molar-refractivity contribution in [2.45, 2.75) is 18.9 Å². The van der Waals surface area contributed by atoms with E-state index in [1.807, 2.05) is 18.2 Å². The number of ether oxygens (including phenoxy) is 1. The molecule has 1 N–H and O–H groups in total. The molecule has 16 heavy (non-hydrogen) atoms. The maximum atomic E-state index is 5.91. The van der Waals surface area contributed by atoms with E-state index in [0.29, 0.717) is 6.10 Å². The Morgan fingerprint density at radius 1 is 1.31 bits per heavy atom. The van der Waals surface area contributed by atoms with Gasteiger partial charge < -0.3 is 14.5 Å². The summed E-state index contributed by atoms with van der Waals surface area (Å²) < 4.78 is 11.1. The van der Waals surface area contributed by atoms with Crippen LogP contribution in [0.1, 0.15) is 12.8 Å². The van der Waals surface area contributed by atoms with Crippen molar-refractivity contribution in [2.75, 3.05) is 13.1 Å². The van der Waals surface area contributed by atoms with Crippen LogP contribution in [0.3, 0.4) is 0 Å². The van der Waals surface area contributed by atoms with E-state index in [1.165, 1.54) is 6.39 Å². The SMILES string of the molecule is c1nc2cc(OC3CCNCC3)ccc2o1. The number of hydrogen-bond acceptors (Lipinski definition) is 4. The molecule has 84 valence electrons. The summed E-state index contributed by atoms with van der Waals surface area (Å²) in [5.41, 5.74) is 1.66. The lowest BCUT2D eigenvalue weighted by Crippen LogP contribution is -2.34. The molecule has 1 aliphatic heterocycles. The van der Waals surface area contributed by atoms with Crippen LogP contribution >= 0.6 is 0 Å². The van der Waals surface area contributed by atoms with Gasteiger partial charge in [-0.2, -0.15) is 0 Å². The minimum Gasteiger partial charge on any atom is -0.490 e. The smallest absolute Gasteiger partial charge is 0.181 e. The molecule has 2 aromatic rings. The van der Waals surface area contributed by atoms with Gasteiger partial charge in [0.1, 0.15) is 17.4 Å². The van der Waals surface area contributed by atoms with E-state index in [4.69, 9.17) is 9.15 Å². The lowest BCUT2D eigenvalue weighted by molar-refractivity contribution is 0.162. The number of fused-ring (bicyclic) bond motifs is 1. The van der Waals surface area contributed by atoms with E-state index >= 15 is 0 Å². The second kappa shape index (κ2) is 4.14. The molecule has 0 spiro atoms. The fourth-order valence-corrected chi connectivity index (χ4v) is 2.02. The van der Waals surface area contributed by atoms with Gasteiger partial charge in [0.15, 0.2) is 12.0 Å². The van der Waals surface area contributed by atoms with Crippen molar-refractivity contribution in [1.29, 1.82) is 0 Å². The van der Waals surface area contributed by atoms with Crippen LogP contribution in [0.2, 0.25) is 0 Å². The maximum Gasteiger partial charge on any atom is 0.181 e. The van der Waals surface area contributed by atoms with Crippen LogP contribution in [0.15, 0.2) is 29.0 Å². The topological polar surface area (TPSA) is 47.3 Å². The summed E-state index contributed by atoms with van der Waals surface area (Å²) in [5, 5.41) is 3.32. The molecule has 1 aromatic heterocycles. The van der Waals surface area contributed by atoms with Crippen LogP contribution in [-0.2, 0) is 0 Å². The Hall–Kier alpha value is -1.55. The summed E-state index contributed by atoms with van der Waals surface area (Å²) in [6.07, 6.45) is 3.91. The average Bonchev–Trinajstić information content (AvgIpc) is 2.77. The predicted octanol–water partition coefficient (Wildman–Crippen LogP) is 1.96. The quantitative estimate of drug-likeness (QED) is 0.837. The highest BCUT2D eigenvalue weighted by molar-refractivity contribution is 5.73. The zero-order valence-corrected chi connectivity index (χ0v) is 8.98. The Morgan fingerprint density at radius 3 is 3.06 bits per heavy atom. The molecule has 1 saturated heterocycles. The van der Waals surface area contributed by atoms with Crippen molar-refractivity contribution < 1.29 is 9.15 Å². The van der Waals surface area contributed by atoms with E-state index in [2.05, 4.69) is 10.3 Å². The average molecular weight is 218 g/mol. The first-order valence-corrected chi connectivity index (χ1v) is 5.62. The van der Waals surface area contributed by atoms with Crippen LogP contribution in [0.25, 0.3) is 11.1 Å². The molecule has 1 fully saturated rings. The normalized spacial score (nSPS) is 17.8. The van der Waals surface area contributed by atoms with Crippen LogP contribution in [0.4, 0.5) is 0 Å². The monoisotopic (exact) mass is 218 g/mol. The molecule has 0 radical (unpaired) electrons. The van der Waals surface area contributed by atoms with Gasteiger partial charge >= 0.3 is 0 Å². The summed E-state index contributed by atoms with van der Waals surface area (Å²) in [6, 6.07) is 5.77. The van der Waals surface area contributed by atoms with Gasteiger partial charge in [-0.3, -0.25) is 0 Å². The first-order chi connectivity index (χ1) is 7.92. The molecule has 0 aliphatic carbocycles. The molecule has 0 amide bonds. The Balaban J connectivity index is 1.77. The lowest BCUT2D eigenvalue weighted by Gasteiger charge is -2.23. The van der Waals surface area contributed by atoms with E-state index in [-0.39, 0.29) is 0 Å². The Bertz CT molecular complexity index is 475. The summed E-state index contributed by atoms with van der Waals surface area (Å²) in [5.74, 6) is 0.883. The molecular formula is C12H14N2O2. The third-order valence-electron chi connectivity index (χ3n) is 2.89. The molecule has 4 heteroatoms. The van der Waals surface area contributed by atoms with Crippen molar-refractivity contribution in [1.82, 2.24) is 10.3 Å². The molecule has 0 saturated carbocycles. The van der Waals surface area contributed by atoms with Crippen molar-refractivity contribution in [2.24, 2.45) is 0 Å². The van der Waals surface area contributed by atoms with E-state index in [0.717, 1.165) is 42.8 Å². The minimum absolute atomic E-state index is 0.325. The Morgan fingerprint density at radius 2 is 2.19 bits per heavy atom. The predicted molar refractivity (Wildman–Crippen MR) is 60.5 cm³/mol. The molecule has 3 rings (SSSR count). The Labute approximate surface area is 93.6 Å². The van der Waals surface area contributed by atoms with Crippen molar-refractivity contribution in [3.8, 4) is 5.75 Å². The number of hydrogen-bond donors (Lipinski definition) is 1. The fraction of sp³-hybridized carbons (Fsp3) is 0.417. The van der Waals surface area contributed by atoms with Gasteiger partial charge in [0.05, 0.1) is 0 Å². The zero-order chi connectivity index (χ0) is 10.8. The number of oxazole rings is 1. The van der Waals surface area contributed by atoms with Gasteiger partial charge in [-0.05, 0) is 38.1 Å². The van der Waals surface area contributed by atoms with Crippen LogP contribution in [0.5, 0.6) is 5.75 Å². The summed E-state index contributed by atoms with van der Waals surface area (Å²) in [6.45, 7) is 2.08. The molecule has 0 unspecified atom stereocenters.